The van der Waals surface area contributed by atoms with E-state index in [1.807, 2.05) is 26.8 Å². The van der Waals surface area contributed by atoms with Crippen molar-refractivity contribution >= 4 is 23.2 Å². The van der Waals surface area contributed by atoms with Gasteiger partial charge in [-0.05, 0) is 32.9 Å². The SMILES string of the molecule is CC(C)OCC1COC(C)(c2ccc(Cl)cc2Cl)O1. The van der Waals surface area contributed by atoms with Crippen LogP contribution in [0.1, 0.15) is 26.3 Å². The summed E-state index contributed by atoms with van der Waals surface area (Å²) in [6.07, 6.45) is 0.0914. The molecule has 106 valence electrons. The fraction of sp³-hybridized carbons (Fsp3) is 0.571. The van der Waals surface area contributed by atoms with Crippen LogP contribution in [0.15, 0.2) is 18.2 Å². The molecule has 0 saturated carbocycles. The Labute approximate surface area is 123 Å². The maximum absolute atomic E-state index is 6.20. The zero-order valence-corrected chi connectivity index (χ0v) is 12.8. The second kappa shape index (κ2) is 5.98. The first-order chi connectivity index (χ1) is 8.90. The van der Waals surface area contributed by atoms with Crippen LogP contribution in [0.2, 0.25) is 10.0 Å². The molecule has 0 bridgehead atoms. The lowest BCUT2D eigenvalue weighted by atomic mass is 10.1. The monoisotopic (exact) mass is 304 g/mol. The molecule has 5 heteroatoms. The van der Waals surface area contributed by atoms with Gasteiger partial charge < -0.3 is 14.2 Å². The van der Waals surface area contributed by atoms with Gasteiger partial charge in [0.1, 0.15) is 6.10 Å². The lowest BCUT2D eigenvalue weighted by molar-refractivity contribution is -0.168. The molecule has 2 rings (SSSR count). The first-order valence-corrected chi connectivity index (χ1v) is 7.05. The van der Waals surface area contributed by atoms with Gasteiger partial charge >= 0.3 is 0 Å². The number of rotatable bonds is 4. The van der Waals surface area contributed by atoms with Crippen molar-refractivity contribution < 1.29 is 14.2 Å². The Bertz CT molecular complexity index is 450. The van der Waals surface area contributed by atoms with E-state index < -0.39 is 5.79 Å². The Hall–Kier alpha value is -0.320. The Morgan fingerprint density at radius 3 is 2.79 bits per heavy atom. The molecule has 19 heavy (non-hydrogen) atoms. The fourth-order valence-corrected chi connectivity index (χ4v) is 2.60. The minimum atomic E-state index is -0.841. The standard InChI is InChI=1S/C14H18Cl2O3/c1-9(2)17-7-11-8-18-14(3,19-11)12-5-4-10(15)6-13(12)16/h4-6,9,11H,7-8H2,1-3H3. The second-order valence-electron chi connectivity index (χ2n) is 5.00. The number of hydrogen-bond acceptors (Lipinski definition) is 3. The summed E-state index contributed by atoms with van der Waals surface area (Å²) in [5.41, 5.74) is 0.783. The third-order valence-electron chi connectivity index (χ3n) is 2.97. The van der Waals surface area contributed by atoms with Gasteiger partial charge in [0.05, 0.1) is 24.3 Å². The molecule has 3 nitrogen and oxygen atoms in total. The Morgan fingerprint density at radius 2 is 2.16 bits per heavy atom. The molecule has 2 atom stereocenters. The van der Waals surface area contributed by atoms with Crippen LogP contribution in [-0.2, 0) is 20.0 Å². The van der Waals surface area contributed by atoms with Crippen LogP contribution in [0, 0.1) is 0 Å². The van der Waals surface area contributed by atoms with Crippen LogP contribution in [0.3, 0.4) is 0 Å². The van der Waals surface area contributed by atoms with Crippen LogP contribution >= 0.6 is 23.2 Å². The summed E-state index contributed by atoms with van der Waals surface area (Å²) in [5, 5.41) is 1.13. The average molecular weight is 305 g/mol. The van der Waals surface area contributed by atoms with Gasteiger partial charge in [-0.1, -0.05) is 29.3 Å². The molecule has 0 amide bonds. The van der Waals surface area contributed by atoms with Crippen LogP contribution in [-0.4, -0.2) is 25.4 Å². The highest BCUT2D eigenvalue weighted by molar-refractivity contribution is 6.35. The van der Waals surface area contributed by atoms with Crippen molar-refractivity contribution in [2.45, 2.75) is 38.8 Å². The molecule has 2 unspecified atom stereocenters. The summed E-state index contributed by atoms with van der Waals surface area (Å²) in [6, 6.07) is 5.30. The van der Waals surface area contributed by atoms with E-state index >= 15 is 0 Å². The maximum atomic E-state index is 6.20. The second-order valence-corrected chi connectivity index (χ2v) is 5.85. The first kappa shape index (κ1) is 15.1. The van der Waals surface area contributed by atoms with Gasteiger partial charge in [0.15, 0.2) is 5.79 Å². The van der Waals surface area contributed by atoms with Gasteiger partial charge in [-0.15, -0.1) is 0 Å². The summed E-state index contributed by atoms with van der Waals surface area (Å²) in [4.78, 5) is 0. The van der Waals surface area contributed by atoms with E-state index in [-0.39, 0.29) is 12.2 Å². The van der Waals surface area contributed by atoms with Crippen molar-refractivity contribution in [2.24, 2.45) is 0 Å². The van der Waals surface area contributed by atoms with E-state index in [9.17, 15) is 0 Å². The van der Waals surface area contributed by atoms with Crippen molar-refractivity contribution in [2.75, 3.05) is 13.2 Å². The molecule has 1 fully saturated rings. The van der Waals surface area contributed by atoms with Gasteiger partial charge in [-0.25, -0.2) is 0 Å². The smallest absolute Gasteiger partial charge is 0.194 e. The minimum Gasteiger partial charge on any atom is -0.376 e. The molecule has 1 aliphatic heterocycles. The third kappa shape index (κ3) is 3.61. The molecular weight excluding hydrogens is 287 g/mol. The first-order valence-electron chi connectivity index (χ1n) is 6.29. The van der Waals surface area contributed by atoms with E-state index in [1.54, 1.807) is 12.1 Å². The van der Waals surface area contributed by atoms with Gasteiger partial charge in [0.25, 0.3) is 0 Å². The summed E-state index contributed by atoms with van der Waals surface area (Å²) >= 11 is 12.1. The van der Waals surface area contributed by atoms with Crippen LogP contribution in [0.25, 0.3) is 0 Å². The quantitative estimate of drug-likeness (QED) is 0.841. The summed E-state index contributed by atoms with van der Waals surface area (Å²) < 4.78 is 17.2. The van der Waals surface area contributed by atoms with Crippen molar-refractivity contribution in [1.82, 2.24) is 0 Å². The summed E-state index contributed by atoms with van der Waals surface area (Å²) in [7, 11) is 0. The van der Waals surface area contributed by atoms with Gasteiger partial charge in [-0.2, -0.15) is 0 Å². The number of halogens is 2. The van der Waals surface area contributed by atoms with Crippen LogP contribution < -0.4 is 0 Å². The van der Waals surface area contributed by atoms with E-state index in [0.717, 1.165) is 5.56 Å². The zero-order chi connectivity index (χ0) is 14.0. The Morgan fingerprint density at radius 1 is 1.42 bits per heavy atom. The summed E-state index contributed by atoms with van der Waals surface area (Å²) in [6.45, 7) is 6.84. The Kier molecular flexibility index (Phi) is 4.75. The highest BCUT2D eigenvalue weighted by Gasteiger charge is 2.40. The molecule has 0 aliphatic carbocycles. The number of benzene rings is 1. The molecule has 0 N–H and O–H groups in total. The maximum Gasteiger partial charge on any atom is 0.194 e. The molecule has 1 aromatic carbocycles. The molecule has 0 spiro atoms. The topological polar surface area (TPSA) is 27.7 Å². The number of hydrogen-bond donors (Lipinski definition) is 0. The van der Waals surface area contributed by atoms with E-state index in [1.165, 1.54) is 0 Å². The van der Waals surface area contributed by atoms with E-state index in [2.05, 4.69) is 0 Å². The Balaban J connectivity index is 2.08. The fourth-order valence-electron chi connectivity index (χ4n) is 2.02. The normalized spacial score (nSPS) is 27.2. The lowest BCUT2D eigenvalue weighted by Crippen LogP contribution is -2.26. The van der Waals surface area contributed by atoms with Crippen molar-refractivity contribution in [3.63, 3.8) is 0 Å². The van der Waals surface area contributed by atoms with Gasteiger partial charge in [-0.3, -0.25) is 0 Å². The van der Waals surface area contributed by atoms with Crippen molar-refractivity contribution in [3.05, 3.63) is 33.8 Å². The zero-order valence-electron chi connectivity index (χ0n) is 11.3. The number of ether oxygens (including phenoxy) is 3. The molecule has 1 saturated heterocycles. The molecule has 1 aromatic rings. The minimum absolute atomic E-state index is 0.0841. The molecule has 1 aliphatic rings. The predicted molar refractivity (Wildman–Crippen MR) is 75.7 cm³/mol. The van der Waals surface area contributed by atoms with Crippen LogP contribution in [0.4, 0.5) is 0 Å². The molecule has 0 radical (unpaired) electrons. The highest BCUT2D eigenvalue weighted by Crippen LogP contribution is 2.38. The molecule has 0 aromatic heterocycles. The third-order valence-corrected chi connectivity index (χ3v) is 3.52. The van der Waals surface area contributed by atoms with Crippen molar-refractivity contribution in [1.29, 1.82) is 0 Å². The predicted octanol–water partition coefficient (Wildman–Crippen LogP) is 4.01. The van der Waals surface area contributed by atoms with Gasteiger partial charge in [0.2, 0.25) is 0 Å². The molecule has 1 heterocycles. The van der Waals surface area contributed by atoms with E-state index in [4.69, 9.17) is 37.4 Å². The summed E-state index contributed by atoms with van der Waals surface area (Å²) in [5.74, 6) is -0.841. The van der Waals surface area contributed by atoms with Crippen molar-refractivity contribution in [3.8, 4) is 0 Å². The largest absolute Gasteiger partial charge is 0.376 e. The van der Waals surface area contributed by atoms with Crippen LogP contribution in [0.5, 0.6) is 0 Å². The van der Waals surface area contributed by atoms with Gasteiger partial charge in [0, 0.05) is 10.6 Å². The van der Waals surface area contributed by atoms with E-state index in [0.29, 0.717) is 23.3 Å². The molecular formula is C14H18Cl2O3. The lowest BCUT2D eigenvalue weighted by Gasteiger charge is -2.25. The average Bonchev–Trinajstić information content (AvgIpc) is 2.69. The highest BCUT2D eigenvalue weighted by atomic mass is 35.5.